The third-order valence-electron chi connectivity index (χ3n) is 5.86. The predicted octanol–water partition coefficient (Wildman–Crippen LogP) is 2.96. The van der Waals surface area contributed by atoms with Gasteiger partial charge in [0, 0.05) is 51.0 Å². The van der Waals surface area contributed by atoms with Gasteiger partial charge in [-0.25, -0.2) is 5.01 Å². The molecule has 0 saturated carbocycles. The van der Waals surface area contributed by atoms with Gasteiger partial charge in [-0.05, 0) is 18.2 Å². The fourth-order valence-electron chi connectivity index (χ4n) is 4.42. The van der Waals surface area contributed by atoms with Crippen LogP contribution in [0, 0.1) is 0 Å². The monoisotopic (exact) mass is 362 g/mol. The van der Waals surface area contributed by atoms with Gasteiger partial charge in [0.15, 0.2) is 0 Å². The summed E-state index contributed by atoms with van der Waals surface area (Å²) in [6.45, 7) is 3.01. The highest BCUT2D eigenvalue weighted by Crippen LogP contribution is 2.49. The van der Waals surface area contributed by atoms with Crippen LogP contribution in [0.25, 0.3) is 0 Å². The minimum absolute atomic E-state index is 0.122. The molecule has 6 heteroatoms. The van der Waals surface area contributed by atoms with Gasteiger partial charge in [0.2, 0.25) is 11.6 Å². The summed E-state index contributed by atoms with van der Waals surface area (Å²) >= 11 is 0. The van der Waals surface area contributed by atoms with Gasteiger partial charge in [0.05, 0.1) is 17.4 Å². The fourth-order valence-corrected chi connectivity index (χ4v) is 4.42. The standard InChI is InChI=1S/C21H22N4O2/c1-15(26)24-12-9-21(10-13-24)25-19(16-6-2-3-8-20(16)27-21)14-18(23-25)17-7-4-5-11-22-17/h2-8,11,19H,9-10,12-14H2,1H3/t19-/m1/s1. The van der Waals surface area contributed by atoms with Crippen molar-refractivity contribution in [1.29, 1.82) is 0 Å². The lowest BCUT2D eigenvalue weighted by molar-refractivity contribution is -0.158. The van der Waals surface area contributed by atoms with Crippen molar-refractivity contribution >= 4 is 11.6 Å². The molecule has 0 bridgehead atoms. The summed E-state index contributed by atoms with van der Waals surface area (Å²) < 4.78 is 6.55. The van der Waals surface area contributed by atoms with Gasteiger partial charge in [-0.3, -0.25) is 9.78 Å². The largest absolute Gasteiger partial charge is 0.466 e. The Kier molecular flexibility index (Phi) is 3.67. The third kappa shape index (κ3) is 2.59. The Morgan fingerprint density at radius 1 is 1.15 bits per heavy atom. The van der Waals surface area contributed by atoms with Crippen molar-refractivity contribution in [2.45, 2.75) is 38.0 Å². The molecule has 0 radical (unpaired) electrons. The summed E-state index contributed by atoms with van der Waals surface area (Å²) in [5.74, 6) is 1.06. The third-order valence-corrected chi connectivity index (χ3v) is 5.86. The molecule has 5 rings (SSSR count). The van der Waals surface area contributed by atoms with E-state index in [1.54, 1.807) is 13.1 Å². The number of aromatic nitrogens is 1. The number of pyridine rings is 1. The van der Waals surface area contributed by atoms with Crippen LogP contribution in [0.1, 0.15) is 43.5 Å². The smallest absolute Gasteiger partial charge is 0.219 e. The Bertz CT molecular complexity index is 903. The van der Waals surface area contributed by atoms with E-state index in [4.69, 9.17) is 9.84 Å². The van der Waals surface area contributed by atoms with Crippen molar-refractivity contribution < 1.29 is 9.53 Å². The van der Waals surface area contributed by atoms with Crippen molar-refractivity contribution in [3.8, 4) is 5.75 Å². The van der Waals surface area contributed by atoms with Gasteiger partial charge in [-0.15, -0.1) is 0 Å². The van der Waals surface area contributed by atoms with Gasteiger partial charge >= 0.3 is 0 Å². The van der Waals surface area contributed by atoms with E-state index in [0.717, 1.165) is 36.4 Å². The second-order valence-electron chi connectivity index (χ2n) is 7.42. The average Bonchev–Trinajstić information content (AvgIpc) is 3.16. The molecule has 27 heavy (non-hydrogen) atoms. The molecular weight excluding hydrogens is 340 g/mol. The van der Waals surface area contributed by atoms with Crippen LogP contribution in [-0.2, 0) is 4.79 Å². The number of ether oxygens (including phenoxy) is 1. The average molecular weight is 362 g/mol. The normalized spacial score (nSPS) is 22.7. The first kappa shape index (κ1) is 16.3. The van der Waals surface area contributed by atoms with E-state index in [1.165, 1.54) is 5.56 Å². The van der Waals surface area contributed by atoms with Crippen LogP contribution in [0.2, 0.25) is 0 Å². The van der Waals surface area contributed by atoms with E-state index < -0.39 is 5.72 Å². The number of piperidine rings is 1. The van der Waals surface area contributed by atoms with E-state index in [9.17, 15) is 4.79 Å². The van der Waals surface area contributed by atoms with Gasteiger partial charge in [0.25, 0.3) is 0 Å². The number of carbonyl (C=O) groups is 1. The quantitative estimate of drug-likeness (QED) is 0.783. The molecule has 138 valence electrons. The zero-order valence-electron chi connectivity index (χ0n) is 15.3. The Labute approximate surface area is 158 Å². The summed E-state index contributed by atoms with van der Waals surface area (Å²) in [7, 11) is 0. The first-order valence-electron chi connectivity index (χ1n) is 9.48. The Balaban J connectivity index is 1.54. The number of fused-ring (bicyclic) bond motifs is 4. The van der Waals surface area contributed by atoms with Crippen LogP contribution < -0.4 is 4.74 Å². The lowest BCUT2D eigenvalue weighted by atomic mass is 9.91. The minimum atomic E-state index is -0.499. The van der Waals surface area contributed by atoms with Crippen LogP contribution >= 0.6 is 0 Å². The van der Waals surface area contributed by atoms with Gasteiger partial charge in [-0.2, -0.15) is 5.10 Å². The van der Waals surface area contributed by atoms with Crippen molar-refractivity contribution in [1.82, 2.24) is 14.9 Å². The molecular formula is C21H22N4O2. The SMILES string of the molecule is CC(=O)N1CCC2(CC1)Oc1ccccc1[C@H]1CC(c3ccccn3)=NN12. The Hall–Kier alpha value is -2.89. The van der Waals surface area contributed by atoms with Crippen molar-refractivity contribution in [3.05, 3.63) is 59.9 Å². The molecule has 4 heterocycles. The maximum atomic E-state index is 11.8. The van der Waals surface area contributed by atoms with Crippen LogP contribution in [0.5, 0.6) is 5.75 Å². The van der Waals surface area contributed by atoms with E-state index in [-0.39, 0.29) is 11.9 Å². The molecule has 1 saturated heterocycles. The highest BCUT2D eigenvalue weighted by Gasteiger charge is 2.52. The molecule has 3 aliphatic rings. The predicted molar refractivity (Wildman–Crippen MR) is 101 cm³/mol. The van der Waals surface area contributed by atoms with Crippen molar-refractivity contribution in [3.63, 3.8) is 0 Å². The zero-order valence-corrected chi connectivity index (χ0v) is 15.3. The highest BCUT2D eigenvalue weighted by atomic mass is 16.5. The Morgan fingerprint density at radius 3 is 2.67 bits per heavy atom. The number of hydrogen-bond donors (Lipinski definition) is 0. The molecule has 1 aromatic carbocycles. The molecule has 1 spiro atoms. The number of rotatable bonds is 1. The molecule has 1 fully saturated rings. The minimum Gasteiger partial charge on any atom is -0.466 e. The summed E-state index contributed by atoms with van der Waals surface area (Å²) in [6.07, 6.45) is 4.11. The van der Waals surface area contributed by atoms with E-state index in [1.807, 2.05) is 35.2 Å². The number of benzene rings is 1. The molecule has 1 amide bonds. The topological polar surface area (TPSA) is 58.0 Å². The number of nitrogens with zero attached hydrogens (tertiary/aromatic N) is 4. The maximum Gasteiger partial charge on any atom is 0.219 e. The molecule has 0 unspecified atom stereocenters. The van der Waals surface area contributed by atoms with Gasteiger partial charge < -0.3 is 9.64 Å². The van der Waals surface area contributed by atoms with Crippen molar-refractivity contribution in [2.75, 3.05) is 13.1 Å². The van der Waals surface area contributed by atoms with Crippen LogP contribution in [0.4, 0.5) is 0 Å². The summed E-state index contributed by atoms with van der Waals surface area (Å²) in [4.78, 5) is 18.2. The zero-order chi connectivity index (χ0) is 18.4. The first-order chi connectivity index (χ1) is 13.2. The maximum absolute atomic E-state index is 11.8. The lowest BCUT2D eigenvalue weighted by Gasteiger charge is -2.51. The van der Waals surface area contributed by atoms with Gasteiger partial charge in [0.1, 0.15) is 5.75 Å². The van der Waals surface area contributed by atoms with E-state index in [2.05, 4.69) is 22.1 Å². The Morgan fingerprint density at radius 2 is 1.93 bits per heavy atom. The van der Waals surface area contributed by atoms with E-state index in [0.29, 0.717) is 13.1 Å². The molecule has 6 nitrogen and oxygen atoms in total. The first-order valence-corrected chi connectivity index (χ1v) is 9.48. The lowest BCUT2D eigenvalue weighted by Crippen LogP contribution is -2.59. The molecule has 0 aliphatic carbocycles. The molecule has 1 aromatic heterocycles. The number of para-hydroxylation sites is 1. The number of carbonyl (C=O) groups excluding carboxylic acids is 1. The number of amides is 1. The fraction of sp³-hybridized carbons (Fsp3) is 0.381. The second-order valence-corrected chi connectivity index (χ2v) is 7.42. The van der Waals surface area contributed by atoms with Crippen molar-refractivity contribution in [2.24, 2.45) is 5.10 Å². The number of hydrogen-bond acceptors (Lipinski definition) is 5. The summed E-state index contributed by atoms with van der Waals surface area (Å²) in [5.41, 5.74) is 2.59. The van der Waals surface area contributed by atoms with Crippen LogP contribution in [0.3, 0.4) is 0 Å². The summed E-state index contributed by atoms with van der Waals surface area (Å²) in [6, 6.07) is 14.3. The number of hydrazone groups is 1. The molecule has 3 aliphatic heterocycles. The molecule has 1 atom stereocenters. The summed E-state index contributed by atoms with van der Waals surface area (Å²) in [5, 5.41) is 7.13. The van der Waals surface area contributed by atoms with Crippen LogP contribution in [0.15, 0.2) is 53.8 Å². The number of likely N-dealkylation sites (tertiary alicyclic amines) is 1. The van der Waals surface area contributed by atoms with E-state index >= 15 is 0 Å². The van der Waals surface area contributed by atoms with Gasteiger partial charge in [-0.1, -0.05) is 24.3 Å². The van der Waals surface area contributed by atoms with Crippen LogP contribution in [-0.4, -0.2) is 45.3 Å². The molecule has 0 N–H and O–H groups in total. The highest BCUT2D eigenvalue weighted by molar-refractivity contribution is 6.00. The molecule has 2 aromatic rings. The second kappa shape index (κ2) is 6.08.